The summed E-state index contributed by atoms with van der Waals surface area (Å²) >= 11 is 1.56. The van der Waals surface area contributed by atoms with Gasteiger partial charge in [-0.25, -0.2) is 4.39 Å². The van der Waals surface area contributed by atoms with E-state index in [2.05, 4.69) is 5.32 Å². The molecule has 0 fully saturated rings. The van der Waals surface area contributed by atoms with Gasteiger partial charge in [-0.2, -0.15) is 0 Å². The van der Waals surface area contributed by atoms with Crippen LogP contribution in [0, 0.1) is 5.82 Å². The molecule has 0 unspecified atom stereocenters. The molecule has 0 radical (unpaired) electrons. The van der Waals surface area contributed by atoms with Crippen LogP contribution in [0.25, 0.3) is 0 Å². The van der Waals surface area contributed by atoms with Crippen LogP contribution in [0.1, 0.15) is 34.6 Å². The molecule has 0 bridgehead atoms. The summed E-state index contributed by atoms with van der Waals surface area (Å²) in [6.07, 6.45) is 0. The summed E-state index contributed by atoms with van der Waals surface area (Å²) in [5.74, 6) is -0.641. The molecule has 6 heteroatoms. The van der Waals surface area contributed by atoms with Gasteiger partial charge < -0.3 is 10.2 Å². The fourth-order valence-corrected chi connectivity index (χ4v) is 4.03. The molecule has 1 N–H and O–H groups in total. The van der Waals surface area contributed by atoms with Gasteiger partial charge in [0.1, 0.15) is 5.82 Å². The topological polar surface area (TPSA) is 49.4 Å². The molecular weight excluding hydrogens is 375 g/mol. The zero-order chi connectivity index (χ0) is 19.9. The first-order valence-electron chi connectivity index (χ1n) is 8.92. The van der Waals surface area contributed by atoms with Gasteiger partial charge in [0.15, 0.2) is 0 Å². The third kappa shape index (κ3) is 3.20. The summed E-state index contributed by atoms with van der Waals surface area (Å²) in [4.78, 5) is 28.2. The number of hydrogen-bond acceptors (Lipinski definition) is 3. The number of carbonyl (C=O) groups excluding carboxylic acids is 2. The summed E-state index contributed by atoms with van der Waals surface area (Å²) in [6.45, 7) is 4.10. The van der Waals surface area contributed by atoms with Gasteiger partial charge in [0.25, 0.3) is 5.91 Å². The molecule has 1 aromatic heterocycles. The van der Waals surface area contributed by atoms with Gasteiger partial charge in [-0.05, 0) is 67.3 Å². The summed E-state index contributed by atoms with van der Waals surface area (Å²) in [7, 11) is 0. The van der Waals surface area contributed by atoms with Crippen LogP contribution in [0.5, 0.6) is 0 Å². The molecule has 2 amide bonds. The molecule has 28 heavy (non-hydrogen) atoms. The van der Waals surface area contributed by atoms with Crippen LogP contribution in [0.2, 0.25) is 0 Å². The molecule has 0 saturated carbocycles. The third-order valence-corrected chi connectivity index (χ3v) is 5.89. The molecular formula is C22H19FN2O2S. The molecule has 3 aromatic rings. The van der Waals surface area contributed by atoms with Gasteiger partial charge in [0, 0.05) is 21.8 Å². The lowest BCUT2D eigenvalue weighted by Gasteiger charge is -2.23. The van der Waals surface area contributed by atoms with E-state index in [4.69, 9.17) is 0 Å². The molecule has 1 aliphatic heterocycles. The zero-order valence-corrected chi connectivity index (χ0v) is 16.3. The van der Waals surface area contributed by atoms with Crippen molar-refractivity contribution in [3.63, 3.8) is 0 Å². The number of benzene rings is 2. The van der Waals surface area contributed by atoms with E-state index in [0.29, 0.717) is 23.5 Å². The summed E-state index contributed by atoms with van der Waals surface area (Å²) in [5.41, 5.74) is 2.00. The van der Waals surface area contributed by atoms with Gasteiger partial charge in [-0.15, -0.1) is 11.3 Å². The molecule has 2 heterocycles. The Kier molecular flexibility index (Phi) is 4.51. The Hall–Kier alpha value is -2.99. The number of nitrogens with one attached hydrogen (secondary N) is 1. The van der Waals surface area contributed by atoms with Crippen molar-refractivity contribution in [3.05, 3.63) is 81.8 Å². The lowest BCUT2D eigenvalue weighted by molar-refractivity contribution is -0.119. The van der Waals surface area contributed by atoms with Crippen molar-refractivity contribution in [1.29, 1.82) is 0 Å². The Morgan fingerprint density at radius 2 is 1.89 bits per heavy atom. The predicted molar refractivity (Wildman–Crippen MR) is 109 cm³/mol. The van der Waals surface area contributed by atoms with Crippen LogP contribution in [0.4, 0.5) is 15.8 Å². The van der Waals surface area contributed by atoms with Crippen molar-refractivity contribution >= 4 is 34.5 Å². The minimum atomic E-state index is -0.621. The number of halogens is 1. The Morgan fingerprint density at radius 3 is 2.57 bits per heavy atom. The SMILES string of the molecule is CC1(C)C(=O)Nc2cc(C(=O)N(Cc3cccs3)c3ccc(F)cc3)ccc21. The van der Waals surface area contributed by atoms with Crippen molar-refractivity contribution in [2.24, 2.45) is 0 Å². The van der Waals surface area contributed by atoms with Gasteiger partial charge >= 0.3 is 0 Å². The number of hydrogen-bond donors (Lipinski definition) is 1. The molecule has 142 valence electrons. The summed E-state index contributed by atoms with van der Waals surface area (Å²) in [6, 6.07) is 15.1. The molecule has 0 atom stereocenters. The van der Waals surface area contributed by atoms with Gasteiger partial charge in [-0.1, -0.05) is 12.1 Å². The second kappa shape index (κ2) is 6.87. The number of carbonyl (C=O) groups is 2. The Morgan fingerprint density at radius 1 is 1.14 bits per heavy atom. The Balaban J connectivity index is 1.71. The average Bonchev–Trinajstić information content (AvgIpc) is 3.26. The molecule has 2 aromatic carbocycles. The Labute approximate surface area is 166 Å². The van der Waals surface area contributed by atoms with Gasteiger partial charge in [0.2, 0.25) is 5.91 Å². The number of amides is 2. The Bertz CT molecular complexity index is 1040. The lowest BCUT2D eigenvalue weighted by Crippen LogP contribution is -2.30. The van der Waals surface area contributed by atoms with Crippen LogP contribution >= 0.6 is 11.3 Å². The molecule has 1 aliphatic rings. The molecule has 4 rings (SSSR count). The highest BCUT2D eigenvalue weighted by Crippen LogP contribution is 2.38. The summed E-state index contributed by atoms with van der Waals surface area (Å²) < 4.78 is 13.4. The van der Waals surface area contributed by atoms with E-state index in [9.17, 15) is 14.0 Å². The predicted octanol–water partition coefficient (Wildman–Crippen LogP) is 4.96. The minimum absolute atomic E-state index is 0.0823. The van der Waals surface area contributed by atoms with E-state index in [-0.39, 0.29) is 17.6 Å². The highest BCUT2D eigenvalue weighted by molar-refractivity contribution is 7.09. The van der Waals surface area contributed by atoms with Crippen molar-refractivity contribution in [3.8, 4) is 0 Å². The quantitative estimate of drug-likeness (QED) is 0.680. The monoisotopic (exact) mass is 394 g/mol. The molecule has 0 spiro atoms. The van der Waals surface area contributed by atoms with Crippen molar-refractivity contribution < 1.29 is 14.0 Å². The second-order valence-electron chi connectivity index (χ2n) is 7.29. The maximum Gasteiger partial charge on any atom is 0.258 e. The normalized spacial score (nSPS) is 14.5. The van der Waals surface area contributed by atoms with E-state index in [1.165, 1.54) is 12.1 Å². The van der Waals surface area contributed by atoms with Crippen LogP contribution in [0.15, 0.2) is 60.0 Å². The zero-order valence-electron chi connectivity index (χ0n) is 15.5. The first-order chi connectivity index (χ1) is 13.4. The van der Waals surface area contributed by atoms with E-state index < -0.39 is 5.41 Å². The van der Waals surface area contributed by atoms with Crippen molar-refractivity contribution in [2.75, 3.05) is 10.2 Å². The van der Waals surface area contributed by atoms with Gasteiger partial charge in [-0.3, -0.25) is 9.59 Å². The minimum Gasteiger partial charge on any atom is -0.325 e. The highest BCUT2D eigenvalue weighted by Gasteiger charge is 2.38. The lowest BCUT2D eigenvalue weighted by atomic mass is 9.86. The first-order valence-corrected chi connectivity index (χ1v) is 9.80. The number of thiophene rings is 1. The van der Waals surface area contributed by atoms with Gasteiger partial charge in [0.05, 0.1) is 12.0 Å². The van der Waals surface area contributed by atoms with Crippen LogP contribution in [-0.4, -0.2) is 11.8 Å². The molecule has 0 saturated heterocycles. The van der Waals surface area contributed by atoms with Crippen LogP contribution in [0.3, 0.4) is 0 Å². The smallest absolute Gasteiger partial charge is 0.258 e. The number of fused-ring (bicyclic) bond motifs is 1. The maximum atomic E-state index is 13.4. The van der Waals surface area contributed by atoms with E-state index >= 15 is 0 Å². The summed E-state index contributed by atoms with van der Waals surface area (Å²) in [5, 5.41) is 4.81. The van der Waals surface area contributed by atoms with Crippen LogP contribution in [-0.2, 0) is 16.8 Å². The van der Waals surface area contributed by atoms with E-state index in [0.717, 1.165) is 10.4 Å². The molecule has 0 aliphatic carbocycles. The fraction of sp³-hybridized carbons (Fsp3) is 0.182. The maximum absolute atomic E-state index is 13.4. The number of nitrogens with zero attached hydrogens (tertiary/aromatic N) is 1. The fourth-order valence-electron chi connectivity index (χ4n) is 3.34. The van der Waals surface area contributed by atoms with Crippen molar-refractivity contribution in [1.82, 2.24) is 0 Å². The van der Waals surface area contributed by atoms with Crippen LogP contribution < -0.4 is 10.2 Å². The van der Waals surface area contributed by atoms with E-state index in [1.54, 1.807) is 40.5 Å². The van der Waals surface area contributed by atoms with E-state index in [1.807, 2.05) is 37.4 Å². The average molecular weight is 394 g/mol. The number of anilines is 2. The number of rotatable bonds is 4. The molecule has 4 nitrogen and oxygen atoms in total. The second-order valence-corrected chi connectivity index (χ2v) is 8.32. The third-order valence-electron chi connectivity index (χ3n) is 5.03. The van der Waals surface area contributed by atoms with Crippen molar-refractivity contribution in [2.45, 2.75) is 25.8 Å². The first kappa shape index (κ1) is 18.4. The largest absolute Gasteiger partial charge is 0.325 e. The highest BCUT2D eigenvalue weighted by atomic mass is 32.1. The standard InChI is InChI=1S/C22H19FN2O2S/c1-22(2)18-10-5-14(12-19(18)24-21(22)27)20(26)25(13-17-4-3-11-28-17)16-8-6-15(23)7-9-16/h3-12H,13H2,1-2H3,(H,24,27).